The maximum Gasteiger partial charge on any atom is 0.279 e. The predicted molar refractivity (Wildman–Crippen MR) is 140 cm³/mol. The van der Waals surface area contributed by atoms with Crippen molar-refractivity contribution in [1.29, 1.82) is 0 Å². The number of hydrogen-bond acceptors (Lipinski definition) is 6. The Hall–Kier alpha value is -3.47. The van der Waals surface area contributed by atoms with E-state index in [1.54, 1.807) is 14.2 Å². The molecule has 0 aliphatic rings. The number of amides is 1. The molecule has 1 aromatic heterocycles. The summed E-state index contributed by atoms with van der Waals surface area (Å²) in [6, 6.07) is 18.9. The number of aryl methyl sites for hydroxylation is 1. The van der Waals surface area contributed by atoms with Gasteiger partial charge in [0.2, 0.25) is 10.0 Å². The van der Waals surface area contributed by atoms with Gasteiger partial charge in [0.15, 0.2) is 16.3 Å². The highest BCUT2D eigenvalue weighted by Crippen LogP contribution is 2.33. The summed E-state index contributed by atoms with van der Waals surface area (Å²) >= 11 is 1.37. The van der Waals surface area contributed by atoms with Crippen molar-refractivity contribution >= 4 is 37.5 Å². The van der Waals surface area contributed by atoms with Gasteiger partial charge in [-0.15, -0.1) is 0 Å². The third-order valence-electron chi connectivity index (χ3n) is 5.76. The maximum absolute atomic E-state index is 13.0. The molecule has 0 radical (unpaired) electrons. The third-order valence-corrected chi connectivity index (χ3v) is 8.62. The van der Waals surface area contributed by atoms with E-state index in [4.69, 9.17) is 9.47 Å². The van der Waals surface area contributed by atoms with Crippen LogP contribution in [0, 0.1) is 0 Å². The van der Waals surface area contributed by atoms with Crippen LogP contribution in [0.5, 0.6) is 11.5 Å². The van der Waals surface area contributed by atoms with Crippen LogP contribution in [0.4, 0.5) is 0 Å². The number of fused-ring (bicyclic) bond motifs is 1. The number of rotatable bonds is 8. The summed E-state index contributed by atoms with van der Waals surface area (Å²) in [6.07, 6.45) is 0. The Morgan fingerprint density at radius 1 is 1.00 bits per heavy atom. The molecule has 4 aromatic rings. The van der Waals surface area contributed by atoms with Crippen LogP contribution in [0.25, 0.3) is 10.2 Å². The summed E-state index contributed by atoms with van der Waals surface area (Å²) in [5, 5.41) is 0. The summed E-state index contributed by atoms with van der Waals surface area (Å²) in [5.41, 5.74) is 2.07. The number of benzene rings is 3. The SMILES string of the molecule is CCn1c(=NC(=O)c2ccc(S(=O)(=O)N(C)Cc3ccccc3)cc2)sc2cc(OC)c(OC)cc21. The van der Waals surface area contributed by atoms with E-state index in [1.165, 1.54) is 47.0 Å². The molecule has 0 aliphatic heterocycles. The van der Waals surface area contributed by atoms with Gasteiger partial charge in [-0.1, -0.05) is 41.7 Å². The fraction of sp³-hybridized carbons (Fsp3) is 0.231. The lowest BCUT2D eigenvalue weighted by Crippen LogP contribution is -2.26. The van der Waals surface area contributed by atoms with Gasteiger partial charge in [-0.3, -0.25) is 4.79 Å². The van der Waals surface area contributed by atoms with E-state index in [0.717, 1.165) is 15.8 Å². The molecule has 0 saturated carbocycles. The second-order valence-electron chi connectivity index (χ2n) is 7.99. The van der Waals surface area contributed by atoms with Gasteiger partial charge in [0, 0.05) is 37.8 Å². The zero-order chi connectivity index (χ0) is 25.9. The van der Waals surface area contributed by atoms with Crippen molar-refractivity contribution in [1.82, 2.24) is 8.87 Å². The Labute approximate surface area is 214 Å². The summed E-state index contributed by atoms with van der Waals surface area (Å²) in [5.74, 6) is 0.739. The van der Waals surface area contributed by atoms with E-state index in [9.17, 15) is 13.2 Å². The van der Waals surface area contributed by atoms with Crippen LogP contribution >= 0.6 is 11.3 Å². The maximum atomic E-state index is 13.0. The summed E-state index contributed by atoms with van der Waals surface area (Å²) in [7, 11) is 0.966. The van der Waals surface area contributed by atoms with Crippen molar-refractivity contribution in [2.45, 2.75) is 24.9 Å². The van der Waals surface area contributed by atoms with Crippen molar-refractivity contribution < 1.29 is 22.7 Å². The van der Waals surface area contributed by atoms with Crippen LogP contribution in [0.1, 0.15) is 22.8 Å². The molecule has 36 heavy (non-hydrogen) atoms. The van der Waals surface area contributed by atoms with Gasteiger partial charge in [0.05, 0.1) is 29.3 Å². The van der Waals surface area contributed by atoms with Crippen molar-refractivity contribution in [3.05, 3.63) is 82.7 Å². The molecular weight excluding hydrogens is 498 g/mol. The number of methoxy groups -OCH3 is 2. The first-order valence-electron chi connectivity index (χ1n) is 11.2. The van der Waals surface area contributed by atoms with E-state index in [1.807, 2.05) is 54.0 Å². The van der Waals surface area contributed by atoms with Crippen molar-refractivity contribution in [2.75, 3.05) is 21.3 Å². The molecule has 0 atom stereocenters. The number of thiazole rings is 1. The first kappa shape index (κ1) is 25.6. The fourth-order valence-electron chi connectivity index (χ4n) is 3.81. The molecular formula is C26H27N3O5S2. The van der Waals surface area contributed by atoms with Crippen LogP contribution in [-0.4, -0.2) is 44.5 Å². The minimum Gasteiger partial charge on any atom is -0.493 e. The normalized spacial score (nSPS) is 12.3. The topological polar surface area (TPSA) is 90.2 Å². The average molecular weight is 526 g/mol. The van der Waals surface area contributed by atoms with Crippen molar-refractivity contribution in [2.24, 2.45) is 4.99 Å². The average Bonchev–Trinajstić information content (AvgIpc) is 3.23. The van der Waals surface area contributed by atoms with Gasteiger partial charge in [0.25, 0.3) is 5.91 Å². The largest absolute Gasteiger partial charge is 0.493 e. The Kier molecular flexibility index (Phi) is 7.58. The first-order valence-corrected chi connectivity index (χ1v) is 13.5. The number of ether oxygens (including phenoxy) is 2. The predicted octanol–water partition coefficient (Wildman–Crippen LogP) is 4.30. The Balaban J connectivity index is 1.62. The molecule has 0 N–H and O–H groups in total. The van der Waals surface area contributed by atoms with Crippen LogP contribution in [0.3, 0.4) is 0 Å². The molecule has 1 amide bonds. The quantitative estimate of drug-likeness (QED) is 0.342. The molecule has 0 fully saturated rings. The molecule has 0 aliphatic carbocycles. The Morgan fingerprint density at radius 2 is 1.64 bits per heavy atom. The smallest absolute Gasteiger partial charge is 0.279 e. The molecule has 188 valence electrons. The second-order valence-corrected chi connectivity index (χ2v) is 11.0. The van der Waals surface area contributed by atoms with E-state index >= 15 is 0 Å². The van der Waals surface area contributed by atoms with Gasteiger partial charge < -0.3 is 14.0 Å². The Bertz CT molecular complexity index is 1560. The molecule has 1 heterocycles. The monoisotopic (exact) mass is 525 g/mol. The minimum absolute atomic E-state index is 0.113. The van der Waals surface area contributed by atoms with Crippen molar-refractivity contribution in [3.63, 3.8) is 0 Å². The van der Waals surface area contributed by atoms with Crippen LogP contribution in [-0.2, 0) is 23.1 Å². The summed E-state index contributed by atoms with van der Waals surface area (Å²) in [4.78, 5) is 17.9. The number of carbonyl (C=O) groups is 1. The molecule has 0 bridgehead atoms. The van der Waals surface area contributed by atoms with E-state index in [2.05, 4.69) is 4.99 Å². The standard InChI is InChI=1S/C26H27N3O5S2/c1-5-29-21-15-22(33-3)23(34-4)16-24(21)35-26(29)27-25(30)19-11-13-20(14-12-19)36(31,32)28(2)17-18-9-7-6-8-10-18/h6-16H,5,17H2,1-4H3. The summed E-state index contributed by atoms with van der Waals surface area (Å²) < 4.78 is 40.9. The van der Waals surface area contributed by atoms with Gasteiger partial charge in [0.1, 0.15) is 0 Å². The fourth-order valence-corrected chi connectivity index (χ4v) is 6.08. The lowest BCUT2D eigenvalue weighted by atomic mass is 10.2. The Morgan fingerprint density at radius 3 is 2.25 bits per heavy atom. The number of aromatic nitrogens is 1. The first-order chi connectivity index (χ1) is 17.3. The lowest BCUT2D eigenvalue weighted by molar-refractivity contribution is 0.0997. The van der Waals surface area contributed by atoms with Crippen molar-refractivity contribution in [3.8, 4) is 11.5 Å². The van der Waals surface area contributed by atoms with Gasteiger partial charge in [-0.2, -0.15) is 9.30 Å². The zero-order valence-electron chi connectivity index (χ0n) is 20.5. The van der Waals surface area contributed by atoms with Gasteiger partial charge in [-0.25, -0.2) is 8.42 Å². The van der Waals surface area contributed by atoms with Gasteiger partial charge >= 0.3 is 0 Å². The molecule has 0 unspecified atom stereocenters. The summed E-state index contributed by atoms with van der Waals surface area (Å²) in [6.45, 7) is 2.82. The van der Waals surface area contributed by atoms with Crippen LogP contribution in [0.2, 0.25) is 0 Å². The molecule has 0 spiro atoms. The molecule has 8 nitrogen and oxygen atoms in total. The molecule has 10 heteroatoms. The second kappa shape index (κ2) is 10.7. The molecule has 3 aromatic carbocycles. The number of carbonyl (C=O) groups excluding carboxylic acids is 1. The highest BCUT2D eigenvalue weighted by atomic mass is 32.2. The number of hydrogen-bond donors (Lipinski definition) is 0. The minimum atomic E-state index is -3.71. The molecule has 0 saturated heterocycles. The third kappa shape index (κ3) is 5.06. The number of sulfonamides is 1. The lowest BCUT2D eigenvalue weighted by Gasteiger charge is -2.17. The zero-order valence-corrected chi connectivity index (χ0v) is 22.1. The van der Waals surface area contributed by atoms with Crippen LogP contribution < -0.4 is 14.3 Å². The number of nitrogens with zero attached hydrogens (tertiary/aromatic N) is 3. The highest BCUT2D eigenvalue weighted by Gasteiger charge is 2.21. The van der Waals surface area contributed by atoms with E-state index in [-0.39, 0.29) is 11.4 Å². The highest BCUT2D eigenvalue weighted by molar-refractivity contribution is 7.89. The van der Waals surface area contributed by atoms with E-state index < -0.39 is 15.9 Å². The van der Waals surface area contributed by atoms with Crippen LogP contribution in [0.15, 0.2) is 76.6 Å². The molecule has 4 rings (SSSR count). The van der Waals surface area contributed by atoms with Gasteiger partial charge in [-0.05, 0) is 36.8 Å². The van der Waals surface area contributed by atoms with E-state index in [0.29, 0.717) is 28.4 Å².